The average molecular weight is 361 g/mol. The van der Waals surface area contributed by atoms with E-state index in [0.717, 1.165) is 10.1 Å². The van der Waals surface area contributed by atoms with E-state index in [9.17, 15) is 14.7 Å². The van der Waals surface area contributed by atoms with Crippen LogP contribution in [0, 0.1) is 0 Å². The summed E-state index contributed by atoms with van der Waals surface area (Å²) in [6, 6.07) is 9.09. The third-order valence-corrected chi connectivity index (χ3v) is 4.11. The van der Waals surface area contributed by atoms with Crippen LogP contribution < -0.4 is 11.4 Å². The fraction of sp³-hybridized carbons (Fsp3) is 0.353. The van der Waals surface area contributed by atoms with E-state index in [1.807, 2.05) is 18.2 Å². The van der Waals surface area contributed by atoms with Crippen LogP contribution in [0.1, 0.15) is 28.6 Å². The summed E-state index contributed by atoms with van der Waals surface area (Å²) in [6.07, 6.45) is -1.31. The second-order valence-electron chi connectivity index (χ2n) is 5.91. The summed E-state index contributed by atoms with van der Waals surface area (Å²) in [5.74, 6) is -0.980. The zero-order valence-corrected chi connectivity index (χ0v) is 13.8. The Morgan fingerprint density at radius 1 is 1.38 bits per heavy atom. The first-order chi connectivity index (χ1) is 12.5. The number of nitrogen functional groups attached to an aromatic ring is 1. The number of hydrogen-bond acceptors (Lipinski definition) is 8. The van der Waals surface area contributed by atoms with Crippen LogP contribution in [0.4, 0.5) is 5.82 Å². The van der Waals surface area contributed by atoms with Gasteiger partial charge in [-0.1, -0.05) is 30.3 Å². The molecule has 1 saturated heterocycles. The van der Waals surface area contributed by atoms with Crippen LogP contribution in [-0.4, -0.2) is 44.5 Å². The fourth-order valence-corrected chi connectivity index (χ4v) is 2.70. The molecule has 2 heterocycles. The van der Waals surface area contributed by atoms with E-state index in [0.29, 0.717) is 0 Å². The van der Waals surface area contributed by atoms with Gasteiger partial charge in [0.2, 0.25) is 0 Å². The monoisotopic (exact) mass is 361 g/mol. The molecule has 0 unspecified atom stereocenters. The van der Waals surface area contributed by atoms with Crippen LogP contribution in [0.5, 0.6) is 0 Å². The average Bonchev–Trinajstić information content (AvgIpc) is 3.01. The standard InChI is InChI=1S/C17H19N3O6/c18-15-11(16(23)25-9-10-4-2-1-3-5-10)7-20(17(24)19-15)14-6-12(22)13(8-21)26-14/h1-5,7,12-14,21-22H,6,8-9H2,(H2,18,19,24)/t12-,13+,14+/m1/s1. The number of esters is 1. The van der Waals surface area contributed by atoms with E-state index in [2.05, 4.69) is 4.98 Å². The van der Waals surface area contributed by atoms with Gasteiger partial charge in [-0.3, -0.25) is 4.57 Å². The van der Waals surface area contributed by atoms with Gasteiger partial charge in [0.1, 0.15) is 30.3 Å². The lowest BCUT2D eigenvalue weighted by atomic mass is 10.2. The van der Waals surface area contributed by atoms with Crippen molar-refractivity contribution in [3.8, 4) is 0 Å². The topological polar surface area (TPSA) is 137 Å². The molecule has 1 aliphatic heterocycles. The summed E-state index contributed by atoms with van der Waals surface area (Å²) in [6.45, 7) is -0.343. The molecular weight excluding hydrogens is 342 g/mol. The molecule has 0 spiro atoms. The third kappa shape index (κ3) is 3.74. The van der Waals surface area contributed by atoms with Crippen molar-refractivity contribution in [2.45, 2.75) is 31.5 Å². The van der Waals surface area contributed by atoms with E-state index in [4.69, 9.17) is 20.3 Å². The Morgan fingerprint density at radius 3 is 2.77 bits per heavy atom. The Hall–Kier alpha value is -2.75. The van der Waals surface area contributed by atoms with Crippen molar-refractivity contribution < 1.29 is 24.5 Å². The van der Waals surface area contributed by atoms with Gasteiger partial charge in [-0.25, -0.2) is 9.59 Å². The van der Waals surface area contributed by atoms with Crippen molar-refractivity contribution in [3.05, 3.63) is 58.1 Å². The highest BCUT2D eigenvalue weighted by Gasteiger charge is 2.35. The predicted octanol–water partition coefficient (Wildman–Crippen LogP) is -0.177. The number of anilines is 1. The van der Waals surface area contributed by atoms with Gasteiger partial charge < -0.3 is 25.4 Å². The number of hydrogen-bond donors (Lipinski definition) is 3. The molecule has 9 nitrogen and oxygen atoms in total. The van der Waals surface area contributed by atoms with Crippen molar-refractivity contribution in [1.82, 2.24) is 9.55 Å². The number of aromatic nitrogens is 2. The van der Waals surface area contributed by atoms with E-state index in [1.165, 1.54) is 6.20 Å². The van der Waals surface area contributed by atoms with Crippen molar-refractivity contribution in [1.29, 1.82) is 0 Å². The molecule has 9 heteroatoms. The molecule has 2 aromatic rings. The molecule has 0 aliphatic carbocycles. The van der Waals surface area contributed by atoms with Crippen molar-refractivity contribution in [2.24, 2.45) is 0 Å². The molecule has 138 valence electrons. The second-order valence-corrected chi connectivity index (χ2v) is 5.91. The van der Waals surface area contributed by atoms with Gasteiger partial charge >= 0.3 is 11.7 Å². The van der Waals surface area contributed by atoms with E-state index in [-0.39, 0.29) is 31.0 Å². The van der Waals surface area contributed by atoms with Gasteiger partial charge in [-0.2, -0.15) is 4.98 Å². The first-order valence-corrected chi connectivity index (χ1v) is 8.03. The quantitative estimate of drug-likeness (QED) is 0.624. The number of aliphatic hydroxyl groups excluding tert-OH is 2. The largest absolute Gasteiger partial charge is 0.457 e. The SMILES string of the molecule is Nc1nc(=O)n([C@@H]2C[C@@H](O)[C@H](CO)O2)cc1C(=O)OCc1ccccc1. The number of rotatable bonds is 5. The molecule has 1 aromatic heterocycles. The van der Waals surface area contributed by atoms with Crippen molar-refractivity contribution in [2.75, 3.05) is 12.3 Å². The normalized spacial score (nSPS) is 22.3. The summed E-state index contributed by atoms with van der Waals surface area (Å²) in [7, 11) is 0. The van der Waals surface area contributed by atoms with Gasteiger partial charge in [0, 0.05) is 12.6 Å². The maximum absolute atomic E-state index is 12.3. The number of benzene rings is 1. The van der Waals surface area contributed by atoms with Gasteiger partial charge in [-0.05, 0) is 5.56 Å². The number of carbonyl (C=O) groups excluding carboxylic acids is 1. The molecule has 26 heavy (non-hydrogen) atoms. The highest BCUT2D eigenvalue weighted by Crippen LogP contribution is 2.27. The molecular formula is C17H19N3O6. The van der Waals surface area contributed by atoms with Gasteiger partial charge in [0.05, 0.1) is 12.7 Å². The molecule has 0 amide bonds. The lowest BCUT2D eigenvalue weighted by Gasteiger charge is -2.16. The maximum Gasteiger partial charge on any atom is 0.351 e. The first kappa shape index (κ1) is 18.1. The molecule has 1 fully saturated rings. The van der Waals surface area contributed by atoms with Crippen molar-refractivity contribution in [3.63, 3.8) is 0 Å². The summed E-state index contributed by atoms with van der Waals surface area (Å²) < 4.78 is 11.7. The Labute approximate surface area is 148 Å². The van der Waals surface area contributed by atoms with Gasteiger partial charge in [0.15, 0.2) is 0 Å². The molecule has 3 atom stereocenters. The Kier molecular flexibility index (Phi) is 5.31. The zero-order valence-electron chi connectivity index (χ0n) is 13.8. The summed E-state index contributed by atoms with van der Waals surface area (Å²) in [5, 5.41) is 19.0. The molecule has 1 aromatic carbocycles. The number of nitrogens with two attached hydrogens (primary N) is 1. The van der Waals surface area contributed by atoms with Crippen LogP contribution in [0.2, 0.25) is 0 Å². The summed E-state index contributed by atoms with van der Waals surface area (Å²) in [5.41, 5.74) is 5.68. The lowest BCUT2D eigenvalue weighted by molar-refractivity contribution is -0.0459. The molecule has 0 radical (unpaired) electrons. The minimum absolute atomic E-state index is 0.0451. The van der Waals surface area contributed by atoms with Crippen molar-refractivity contribution >= 4 is 11.8 Å². The van der Waals surface area contributed by atoms with Gasteiger partial charge in [-0.15, -0.1) is 0 Å². The minimum atomic E-state index is -0.928. The van der Waals surface area contributed by atoms with Crippen LogP contribution >= 0.6 is 0 Å². The van der Waals surface area contributed by atoms with E-state index >= 15 is 0 Å². The zero-order chi connectivity index (χ0) is 18.7. The lowest BCUT2D eigenvalue weighted by Crippen LogP contribution is -2.30. The number of aliphatic hydroxyl groups is 2. The predicted molar refractivity (Wildman–Crippen MR) is 90.1 cm³/mol. The number of ether oxygens (including phenoxy) is 2. The molecule has 3 rings (SSSR count). The Bertz CT molecular complexity index is 838. The first-order valence-electron chi connectivity index (χ1n) is 8.03. The van der Waals surface area contributed by atoms with Crippen LogP contribution in [0.3, 0.4) is 0 Å². The Balaban J connectivity index is 1.79. The highest BCUT2D eigenvalue weighted by atomic mass is 16.5. The van der Waals surface area contributed by atoms with Crippen LogP contribution in [-0.2, 0) is 16.1 Å². The number of carbonyl (C=O) groups is 1. The minimum Gasteiger partial charge on any atom is -0.457 e. The van der Waals surface area contributed by atoms with Gasteiger partial charge in [0.25, 0.3) is 0 Å². The van der Waals surface area contributed by atoms with E-state index < -0.39 is 30.1 Å². The smallest absolute Gasteiger partial charge is 0.351 e. The fourth-order valence-electron chi connectivity index (χ4n) is 2.70. The third-order valence-electron chi connectivity index (χ3n) is 4.11. The van der Waals surface area contributed by atoms with Crippen LogP contribution in [0.15, 0.2) is 41.3 Å². The maximum atomic E-state index is 12.3. The molecule has 0 saturated carbocycles. The number of nitrogens with zero attached hydrogens (tertiary/aromatic N) is 2. The van der Waals surface area contributed by atoms with Crippen LogP contribution in [0.25, 0.3) is 0 Å². The second kappa shape index (κ2) is 7.65. The summed E-state index contributed by atoms with van der Waals surface area (Å²) >= 11 is 0. The summed E-state index contributed by atoms with van der Waals surface area (Å²) in [4.78, 5) is 28.0. The highest BCUT2D eigenvalue weighted by molar-refractivity contribution is 5.93. The molecule has 0 bridgehead atoms. The molecule has 1 aliphatic rings. The Morgan fingerprint density at radius 2 is 2.12 bits per heavy atom. The molecule has 4 N–H and O–H groups in total. The van der Waals surface area contributed by atoms with E-state index in [1.54, 1.807) is 12.1 Å².